The third-order valence-corrected chi connectivity index (χ3v) is 6.86. The molecule has 27 heavy (non-hydrogen) atoms. The van der Waals surface area contributed by atoms with Crippen LogP contribution in [0.15, 0.2) is 29.4 Å². The summed E-state index contributed by atoms with van der Waals surface area (Å²) in [6, 6.07) is 8.04. The molecule has 0 spiro atoms. The van der Waals surface area contributed by atoms with E-state index in [0.29, 0.717) is 18.3 Å². The normalized spacial score (nSPS) is 16.7. The van der Waals surface area contributed by atoms with Crippen LogP contribution in [0.5, 0.6) is 5.75 Å². The second kappa shape index (κ2) is 7.66. The molecule has 1 aliphatic heterocycles. The van der Waals surface area contributed by atoms with E-state index in [4.69, 9.17) is 20.2 Å². The third kappa shape index (κ3) is 3.77. The van der Waals surface area contributed by atoms with Gasteiger partial charge in [-0.1, -0.05) is 37.7 Å². The van der Waals surface area contributed by atoms with Gasteiger partial charge in [-0.05, 0) is 29.2 Å². The van der Waals surface area contributed by atoms with Crippen molar-refractivity contribution in [3.63, 3.8) is 0 Å². The second-order valence-electron chi connectivity index (χ2n) is 7.01. The minimum absolute atomic E-state index is 0.235. The molecule has 1 atom stereocenters. The molecule has 0 aliphatic carbocycles. The Morgan fingerprint density at radius 1 is 1.30 bits per heavy atom. The van der Waals surface area contributed by atoms with Crippen molar-refractivity contribution in [1.29, 1.82) is 0 Å². The number of rotatable bonds is 5. The molecule has 0 unspecified atom stereocenters. The van der Waals surface area contributed by atoms with Crippen LogP contribution in [0.2, 0.25) is 0 Å². The van der Waals surface area contributed by atoms with Crippen molar-refractivity contribution in [2.75, 3.05) is 12.8 Å². The summed E-state index contributed by atoms with van der Waals surface area (Å²) < 4.78 is 11.2. The molecule has 0 radical (unpaired) electrons. The van der Waals surface area contributed by atoms with E-state index in [1.807, 2.05) is 12.1 Å². The fourth-order valence-electron chi connectivity index (χ4n) is 3.25. The highest BCUT2D eigenvalue weighted by molar-refractivity contribution is 7.98. The molecular formula is C20H23N3O2S2. The highest BCUT2D eigenvalue weighted by Gasteiger charge is 2.27. The molecule has 1 aromatic carbocycles. The maximum absolute atomic E-state index is 6.34. The van der Waals surface area contributed by atoms with Gasteiger partial charge in [-0.3, -0.25) is 0 Å². The molecular weight excluding hydrogens is 378 g/mol. The third-order valence-electron chi connectivity index (χ3n) is 4.85. The van der Waals surface area contributed by atoms with E-state index in [9.17, 15) is 0 Å². The Hall–Kier alpha value is -1.83. The van der Waals surface area contributed by atoms with Crippen LogP contribution in [0.4, 0.5) is 5.82 Å². The van der Waals surface area contributed by atoms with E-state index >= 15 is 0 Å². The lowest BCUT2D eigenvalue weighted by molar-refractivity contribution is 0.00203. The number of hydrogen-bond donors (Lipinski definition) is 1. The Balaban J connectivity index is 1.57. The summed E-state index contributed by atoms with van der Waals surface area (Å²) in [7, 11) is 1.67. The number of aromatic nitrogens is 2. The number of anilines is 1. The lowest BCUT2D eigenvalue weighted by Crippen LogP contribution is -2.26. The fraction of sp³-hybridized carbons (Fsp3) is 0.400. The monoisotopic (exact) mass is 401 g/mol. The number of fused-ring (bicyclic) bond motifs is 3. The van der Waals surface area contributed by atoms with Crippen molar-refractivity contribution in [2.24, 2.45) is 5.92 Å². The van der Waals surface area contributed by atoms with E-state index < -0.39 is 0 Å². The number of thioether (sulfide) groups is 1. The Morgan fingerprint density at radius 3 is 2.78 bits per heavy atom. The van der Waals surface area contributed by atoms with E-state index in [1.54, 1.807) is 30.2 Å². The number of methoxy groups -OCH3 is 1. The van der Waals surface area contributed by atoms with Crippen molar-refractivity contribution in [2.45, 2.75) is 43.9 Å². The van der Waals surface area contributed by atoms with Crippen LogP contribution in [0, 0.1) is 5.92 Å². The van der Waals surface area contributed by atoms with Gasteiger partial charge < -0.3 is 15.2 Å². The number of nitrogens with two attached hydrogens (primary N) is 1. The first-order valence-corrected chi connectivity index (χ1v) is 10.8. The lowest BCUT2D eigenvalue weighted by Gasteiger charge is -2.26. The van der Waals surface area contributed by atoms with Crippen molar-refractivity contribution >= 4 is 39.1 Å². The van der Waals surface area contributed by atoms with Crippen LogP contribution < -0.4 is 10.5 Å². The average Bonchev–Trinajstić information content (AvgIpc) is 3.04. The van der Waals surface area contributed by atoms with Crippen LogP contribution in [0.1, 0.15) is 29.9 Å². The number of nitrogen functional groups attached to an aromatic ring is 1. The van der Waals surface area contributed by atoms with Crippen molar-refractivity contribution in [3.8, 4) is 5.75 Å². The lowest BCUT2D eigenvalue weighted by atomic mass is 9.96. The van der Waals surface area contributed by atoms with Crippen molar-refractivity contribution < 1.29 is 9.47 Å². The summed E-state index contributed by atoms with van der Waals surface area (Å²) in [6.45, 7) is 5.03. The van der Waals surface area contributed by atoms with E-state index in [0.717, 1.165) is 33.3 Å². The molecule has 0 amide bonds. The summed E-state index contributed by atoms with van der Waals surface area (Å²) in [5.74, 6) is 2.71. The average molecular weight is 402 g/mol. The minimum atomic E-state index is 0.235. The molecule has 0 bridgehead atoms. The molecule has 2 aromatic heterocycles. The maximum atomic E-state index is 6.34. The van der Waals surface area contributed by atoms with Crippen molar-refractivity contribution in [1.82, 2.24) is 9.97 Å². The van der Waals surface area contributed by atoms with Gasteiger partial charge in [-0.15, -0.1) is 11.3 Å². The van der Waals surface area contributed by atoms with E-state index in [2.05, 4.69) is 31.0 Å². The molecule has 4 rings (SSSR count). The molecule has 0 saturated heterocycles. The summed E-state index contributed by atoms with van der Waals surface area (Å²) in [6.07, 6.45) is 1.12. The largest absolute Gasteiger partial charge is 0.497 e. The van der Waals surface area contributed by atoms with Gasteiger partial charge in [0.25, 0.3) is 0 Å². The zero-order valence-electron chi connectivity index (χ0n) is 15.7. The fourth-order valence-corrected chi connectivity index (χ4v) is 5.24. The van der Waals surface area contributed by atoms with Gasteiger partial charge in [0, 0.05) is 17.1 Å². The summed E-state index contributed by atoms with van der Waals surface area (Å²) in [5.41, 5.74) is 8.82. The first-order valence-electron chi connectivity index (χ1n) is 9.00. The molecule has 1 aliphatic rings. The quantitative estimate of drug-likeness (QED) is 0.495. The van der Waals surface area contributed by atoms with Gasteiger partial charge in [-0.2, -0.15) is 0 Å². The van der Waals surface area contributed by atoms with Gasteiger partial charge >= 0.3 is 0 Å². The molecule has 142 valence electrons. The first kappa shape index (κ1) is 18.5. The van der Waals surface area contributed by atoms with Crippen molar-refractivity contribution in [3.05, 3.63) is 40.3 Å². The van der Waals surface area contributed by atoms with Crippen LogP contribution in [-0.4, -0.2) is 23.2 Å². The summed E-state index contributed by atoms with van der Waals surface area (Å²) in [5, 5.41) is 1.74. The van der Waals surface area contributed by atoms with Gasteiger partial charge in [0.1, 0.15) is 16.4 Å². The molecule has 0 fully saturated rings. The number of hydrogen-bond acceptors (Lipinski definition) is 7. The number of thiophene rings is 1. The Labute approximate surface area is 167 Å². The van der Waals surface area contributed by atoms with E-state index in [-0.39, 0.29) is 6.10 Å². The van der Waals surface area contributed by atoms with Crippen LogP contribution in [-0.2, 0) is 23.5 Å². The summed E-state index contributed by atoms with van der Waals surface area (Å²) in [4.78, 5) is 11.5. The molecule has 3 heterocycles. The molecule has 5 nitrogen and oxygen atoms in total. The molecule has 3 aromatic rings. The predicted octanol–water partition coefficient (Wildman–Crippen LogP) is 4.67. The van der Waals surface area contributed by atoms with Crippen LogP contribution in [0.3, 0.4) is 0 Å². The summed E-state index contributed by atoms with van der Waals surface area (Å²) >= 11 is 3.28. The highest BCUT2D eigenvalue weighted by Crippen LogP contribution is 2.39. The maximum Gasteiger partial charge on any atom is 0.191 e. The topological polar surface area (TPSA) is 70.3 Å². The Kier molecular flexibility index (Phi) is 5.25. The SMILES string of the molecule is COc1ccc(CSc2nc(N)c3c4c(sc3n2)CO[C@@H](C(C)C)C4)cc1. The number of nitrogens with zero attached hydrogens (tertiary/aromatic N) is 2. The zero-order chi connectivity index (χ0) is 19.0. The van der Waals surface area contributed by atoms with Gasteiger partial charge in [0.2, 0.25) is 0 Å². The number of ether oxygens (including phenoxy) is 2. The number of benzene rings is 1. The van der Waals surface area contributed by atoms with Crippen LogP contribution >= 0.6 is 23.1 Å². The van der Waals surface area contributed by atoms with Gasteiger partial charge in [0.15, 0.2) is 5.16 Å². The predicted molar refractivity (Wildman–Crippen MR) is 112 cm³/mol. The molecule has 2 N–H and O–H groups in total. The zero-order valence-corrected chi connectivity index (χ0v) is 17.3. The molecule has 0 saturated carbocycles. The Bertz CT molecular complexity index is 954. The van der Waals surface area contributed by atoms with Gasteiger partial charge in [-0.25, -0.2) is 9.97 Å². The smallest absolute Gasteiger partial charge is 0.191 e. The highest BCUT2D eigenvalue weighted by atomic mass is 32.2. The van der Waals surface area contributed by atoms with Crippen LogP contribution in [0.25, 0.3) is 10.2 Å². The Morgan fingerprint density at radius 2 is 2.07 bits per heavy atom. The standard InChI is InChI=1S/C20H23N3O2S2/c1-11(2)15-8-14-16(9-25-15)27-19-17(14)18(21)22-20(23-19)26-10-12-4-6-13(24-3)7-5-12/h4-7,11,15H,8-10H2,1-3H3,(H2,21,22,23)/t15-/m1/s1. The first-order chi connectivity index (χ1) is 13.0. The molecule has 7 heteroatoms. The van der Waals surface area contributed by atoms with Gasteiger partial charge in [0.05, 0.1) is 25.2 Å². The minimum Gasteiger partial charge on any atom is -0.497 e. The van der Waals surface area contributed by atoms with E-state index in [1.165, 1.54) is 16.0 Å². The second-order valence-corrected chi connectivity index (χ2v) is 9.04.